The van der Waals surface area contributed by atoms with E-state index in [9.17, 15) is 54.7 Å². The zero-order chi connectivity index (χ0) is 69.8. The summed E-state index contributed by atoms with van der Waals surface area (Å²) in [5.41, 5.74) is 0.0389. The maximum atomic E-state index is 15.4. The largest absolute Gasteiger partial charge is 0.446 e. The number of fused-ring (bicyclic) bond motifs is 2. The summed E-state index contributed by atoms with van der Waals surface area (Å²) >= 11 is 0. The third-order valence-electron chi connectivity index (χ3n) is 19.6. The minimum atomic E-state index is -5.16. The number of halogens is 11. The molecule has 0 unspecified atom stereocenters. The van der Waals surface area contributed by atoms with Gasteiger partial charge in [-0.3, -0.25) is 24.5 Å². The van der Waals surface area contributed by atoms with Gasteiger partial charge >= 0.3 is 18.4 Å². The van der Waals surface area contributed by atoms with Crippen molar-refractivity contribution >= 4 is 78.3 Å². The maximum absolute atomic E-state index is 15.4. The van der Waals surface area contributed by atoms with Gasteiger partial charge in [0.25, 0.3) is 11.8 Å². The molecule has 0 radical (unpaired) electrons. The van der Waals surface area contributed by atoms with E-state index in [1.54, 1.807) is 36.0 Å². The molecule has 548 valence electrons. The third kappa shape index (κ3) is 20.6. The van der Waals surface area contributed by atoms with Crippen molar-refractivity contribution in [3.05, 3.63) is 190 Å². The second kappa shape index (κ2) is 36.0. The topological polar surface area (TPSA) is 157 Å². The van der Waals surface area contributed by atoms with Gasteiger partial charge in [-0.2, -0.15) is 26.3 Å². The monoisotopic (exact) mass is 1470 g/mol. The summed E-state index contributed by atoms with van der Waals surface area (Å²) in [6.45, 7) is 4.62. The number of piperidine rings is 2. The smallest absolute Gasteiger partial charge is 0.416 e. The molecule has 16 nitrogen and oxygen atoms in total. The molecule has 1 aliphatic carbocycles. The highest BCUT2D eigenvalue weighted by Crippen LogP contribution is 2.49. The van der Waals surface area contributed by atoms with Crippen LogP contribution >= 0.6 is 37.2 Å². The van der Waals surface area contributed by atoms with E-state index >= 15 is 4.39 Å². The Hall–Kier alpha value is -7.58. The summed E-state index contributed by atoms with van der Waals surface area (Å²) in [4.78, 5) is 77.0. The normalized spacial score (nSPS) is 17.6. The van der Waals surface area contributed by atoms with E-state index in [0.29, 0.717) is 127 Å². The number of rotatable bonds is 26. The highest BCUT2D eigenvalue weighted by Gasteiger charge is 2.50. The Balaban J connectivity index is 0.00000477. The van der Waals surface area contributed by atoms with Crippen molar-refractivity contribution in [2.45, 2.75) is 106 Å². The third-order valence-corrected chi connectivity index (χ3v) is 19.6. The highest BCUT2D eigenvalue weighted by molar-refractivity contribution is 5.95. The number of likely N-dealkylation sites (N-methyl/N-ethyl adjacent to an activating group) is 2. The first-order valence-electron chi connectivity index (χ1n) is 33.4. The Morgan fingerprint density at radius 2 is 1.27 bits per heavy atom. The second-order valence-electron chi connectivity index (χ2n) is 26.1. The van der Waals surface area contributed by atoms with Crippen LogP contribution in [0, 0.1) is 11.6 Å². The van der Waals surface area contributed by atoms with Crippen LogP contribution in [0.25, 0.3) is 11.1 Å². The fraction of sp³-hybridized carbons (Fsp3) is 0.446. The van der Waals surface area contributed by atoms with Crippen LogP contribution in [0.1, 0.15) is 113 Å². The molecular weight excluding hydrogens is 1390 g/mol. The Morgan fingerprint density at radius 3 is 1.95 bits per heavy atom. The number of likely N-dealkylation sites (tertiary alicyclic amines) is 2. The molecule has 3 saturated heterocycles. The first kappa shape index (κ1) is 80.7. The number of alkyl halides is 6. The van der Waals surface area contributed by atoms with Crippen molar-refractivity contribution < 1.29 is 73.3 Å². The number of carbonyl (C=O) groups is 5. The lowest BCUT2D eigenvalue weighted by Crippen LogP contribution is -2.50. The van der Waals surface area contributed by atoms with Crippen LogP contribution in [-0.4, -0.2) is 178 Å². The zero-order valence-electron chi connectivity index (χ0n) is 56.6. The van der Waals surface area contributed by atoms with E-state index in [1.165, 1.54) is 35.2 Å². The fourth-order valence-corrected chi connectivity index (χ4v) is 13.8. The fourth-order valence-electron chi connectivity index (χ4n) is 13.8. The molecule has 6 aromatic rings. The number of hydrogen-bond acceptors (Lipinski definition) is 11. The number of anilines is 2. The van der Waals surface area contributed by atoms with Crippen LogP contribution in [0.5, 0.6) is 0 Å². The van der Waals surface area contributed by atoms with Crippen LogP contribution < -0.4 is 10.6 Å². The summed E-state index contributed by atoms with van der Waals surface area (Å²) in [6.07, 6.45) is -4.80. The molecule has 0 saturated carbocycles. The van der Waals surface area contributed by atoms with Gasteiger partial charge in [-0.1, -0.05) is 91.3 Å². The van der Waals surface area contributed by atoms with Gasteiger partial charge in [0, 0.05) is 102 Å². The molecule has 6 aromatic carbocycles. The number of unbranched alkanes of at least 4 members (excludes halogenated alkanes) is 2. The summed E-state index contributed by atoms with van der Waals surface area (Å²) in [6, 6.07) is 36.0. The van der Waals surface area contributed by atoms with Gasteiger partial charge in [-0.25, -0.2) is 13.6 Å². The van der Waals surface area contributed by atoms with Crippen molar-refractivity contribution in [1.82, 2.24) is 29.4 Å². The lowest BCUT2D eigenvalue weighted by atomic mass is 9.72. The number of para-hydroxylation sites is 1. The van der Waals surface area contributed by atoms with E-state index < -0.39 is 70.4 Å². The van der Waals surface area contributed by atoms with E-state index in [2.05, 4.69) is 32.6 Å². The van der Waals surface area contributed by atoms with Gasteiger partial charge in [-0.15, -0.1) is 37.2 Å². The quantitative estimate of drug-likeness (QED) is 0.0394. The minimum absolute atomic E-state index is 0. The zero-order valence-corrected chi connectivity index (χ0v) is 59.1. The van der Waals surface area contributed by atoms with E-state index in [-0.39, 0.29) is 104 Å². The molecule has 3 fully saturated rings. The molecule has 101 heavy (non-hydrogen) atoms. The number of hydrogen-bond donors (Lipinski definition) is 2. The van der Waals surface area contributed by atoms with Gasteiger partial charge in [0.2, 0.25) is 11.8 Å². The van der Waals surface area contributed by atoms with Crippen molar-refractivity contribution in [2.75, 3.05) is 117 Å². The van der Waals surface area contributed by atoms with Crippen molar-refractivity contribution in [3.63, 3.8) is 0 Å². The molecule has 3 aliphatic heterocycles. The molecule has 1 spiro atoms. The summed E-state index contributed by atoms with van der Waals surface area (Å²) in [5.74, 6) is -2.75. The van der Waals surface area contributed by atoms with Crippen LogP contribution in [0.4, 0.5) is 51.3 Å². The molecule has 27 heteroatoms. The SMILES string of the molecule is CN(CCN1CCC(OC(=O)Nc2ccccc2-c2ccccc2)CC1)C(=O)CCCCCNc1ccc(C(=O)N(C)CCCN(C)C(=O)CO[C@H]2Cc3ccccc3C23CCN(CC[C@@]2(c4ccc(F)cc4)CN(C(=O)c4cc(C(F)(F)F)cc(C(F)(F)F)c4)CO2)CC3)cc1F.Cl.Cl.Cl. The summed E-state index contributed by atoms with van der Waals surface area (Å²) < 4.78 is 131. The molecule has 2 atom stereocenters. The number of amides is 5. The second-order valence-corrected chi connectivity index (χ2v) is 26.1. The Bertz CT molecular complexity index is 3720. The van der Waals surface area contributed by atoms with Gasteiger partial charge in [-0.05, 0) is 148 Å². The van der Waals surface area contributed by atoms with E-state index in [4.69, 9.17) is 14.2 Å². The van der Waals surface area contributed by atoms with Gasteiger partial charge in [0.15, 0.2) is 0 Å². The predicted molar refractivity (Wildman–Crippen MR) is 377 cm³/mol. The van der Waals surface area contributed by atoms with Gasteiger partial charge < -0.3 is 48.9 Å². The standard InChI is InChI=1S/C74H84F8N8O8.3ClH/c1-85(34-14-35-87(3)68(93)53-22-27-64(62(76)45-53)83-33-13-5-8-21-66(91)86(2)41-42-88-36-28-59(29-37-88)98-70(95)84-63-20-12-10-18-60(63)51-15-6-4-7-16-51)67(92)48-96-65-46-52-17-9-11-19-61(52)71(65)30-38-89(39-31-71)40-32-72(55-23-25-58(75)26-24-55)49-90(50-97-72)69(94)54-43-56(73(77,78)79)47-57(44-54)74(80,81)82;;;/h4,6-7,9-12,15-20,22-27,43-45,47,59,65,83H,5,8,13-14,21,28-42,46,48-50H2,1-3H3,(H,84,95);3*1H/t65-,72-;;;/m0.../s1. The molecule has 4 aliphatic rings. The highest BCUT2D eigenvalue weighted by atomic mass is 35.5. The van der Waals surface area contributed by atoms with Gasteiger partial charge in [0.05, 0.1) is 35.2 Å². The lowest BCUT2D eigenvalue weighted by molar-refractivity contribution is -0.143. The van der Waals surface area contributed by atoms with Crippen molar-refractivity contribution in [1.29, 1.82) is 0 Å². The number of benzene rings is 6. The Labute approximate surface area is 602 Å². The molecule has 0 aromatic heterocycles. The maximum Gasteiger partial charge on any atom is 0.416 e. The van der Waals surface area contributed by atoms with Crippen molar-refractivity contribution in [3.8, 4) is 11.1 Å². The number of nitrogens with one attached hydrogen (secondary N) is 2. The predicted octanol–water partition coefficient (Wildman–Crippen LogP) is 14.4. The Morgan fingerprint density at radius 1 is 0.634 bits per heavy atom. The van der Waals surface area contributed by atoms with Crippen LogP contribution in [0.3, 0.4) is 0 Å². The summed E-state index contributed by atoms with van der Waals surface area (Å²) in [5, 5.41) is 6.03. The average Bonchev–Trinajstić information content (AvgIpc) is 1.62. The first-order chi connectivity index (χ1) is 46.9. The first-order valence-corrected chi connectivity index (χ1v) is 33.4. The molecule has 5 amide bonds. The van der Waals surface area contributed by atoms with Crippen LogP contribution in [0.15, 0.2) is 140 Å². The minimum Gasteiger partial charge on any atom is -0.446 e. The number of ether oxygens (including phenoxy) is 3. The molecule has 3 heterocycles. The molecule has 2 N–H and O–H groups in total. The van der Waals surface area contributed by atoms with Gasteiger partial charge in [0.1, 0.15) is 36.7 Å². The molecule has 0 bridgehead atoms. The molecular formula is C74H87Cl3F8N8O8. The van der Waals surface area contributed by atoms with Crippen molar-refractivity contribution in [2.24, 2.45) is 0 Å². The Kier molecular flexibility index (Phi) is 28.8. The van der Waals surface area contributed by atoms with Crippen LogP contribution in [-0.2, 0) is 53.6 Å². The summed E-state index contributed by atoms with van der Waals surface area (Å²) in [7, 11) is 5.10. The van der Waals surface area contributed by atoms with E-state index in [0.717, 1.165) is 53.2 Å². The van der Waals surface area contributed by atoms with Crippen LogP contribution in [0.2, 0.25) is 0 Å². The number of nitrogens with zero attached hydrogens (tertiary/aromatic N) is 6. The average molecular weight is 1470 g/mol. The van der Waals surface area contributed by atoms with E-state index in [1.807, 2.05) is 73.8 Å². The lowest BCUT2D eigenvalue weighted by Gasteiger charge is -2.44. The molecule has 10 rings (SSSR count). The number of carbonyl (C=O) groups excluding carboxylic acids is 5.